The molecule has 190 valence electrons. The van der Waals surface area contributed by atoms with Crippen LogP contribution in [0.1, 0.15) is 65.8 Å². The van der Waals surface area contributed by atoms with Gasteiger partial charge in [-0.25, -0.2) is 15.0 Å². The van der Waals surface area contributed by atoms with Crippen LogP contribution in [0.15, 0.2) is 54.6 Å². The van der Waals surface area contributed by atoms with Gasteiger partial charge in [0, 0.05) is 30.3 Å². The smallest absolute Gasteiger partial charge is 0.294 e. The molecule has 1 aliphatic rings. The highest BCUT2D eigenvalue weighted by Gasteiger charge is 2.37. The van der Waals surface area contributed by atoms with Crippen molar-refractivity contribution in [1.82, 2.24) is 24.7 Å². The van der Waals surface area contributed by atoms with Crippen molar-refractivity contribution < 1.29 is 31.1 Å². The predicted octanol–water partition coefficient (Wildman–Crippen LogP) is 6.20. The molecule has 1 atom stereocenters. The Morgan fingerprint density at radius 3 is 2.19 bits per heavy atom. The standard InChI is InChI=1S/C24H21F6N5O/c1-14(21-33-13-34-35(21)22-31-5-2-6-32-22)7-16(8-15-3-4-15)9-20(36)17-10-18(23(25,26)27)12-19(11-17)24(28,29)30/h2,5-7,10-15H,3-4,8-9H2,1H3/b16-7+. The summed E-state index contributed by atoms with van der Waals surface area (Å²) in [6, 6.07) is 2.59. The van der Waals surface area contributed by atoms with E-state index in [9.17, 15) is 31.1 Å². The van der Waals surface area contributed by atoms with Gasteiger partial charge in [0.1, 0.15) is 12.2 Å². The average molecular weight is 509 g/mol. The van der Waals surface area contributed by atoms with Crippen molar-refractivity contribution in [2.45, 2.75) is 50.9 Å². The Labute approximate surface area is 202 Å². The van der Waals surface area contributed by atoms with Gasteiger partial charge in [-0.2, -0.15) is 36.1 Å². The lowest BCUT2D eigenvalue weighted by molar-refractivity contribution is -0.143. The van der Waals surface area contributed by atoms with E-state index < -0.39 is 34.8 Å². The molecule has 2 aromatic heterocycles. The number of Topliss-reactive ketones (excluding diaryl/α,β-unsaturated/α-hetero) is 1. The number of rotatable bonds is 8. The molecule has 0 N–H and O–H groups in total. The highest BCUT2D eigenvalue weighted by molar-refractivity contribution is 5.98. The number of nitrogens with zero attached hydrogens (tertiary/aromatic N) is 5. The van der Waals surface area contributed by atoms with E-state index in [1.807, 2.05) is 0 Å². The predicted molar refractivity (Wildman–Crippen MR) is 116 cm³/mol. The first-order valence-electron chi connectivity index (χ1n) is 11.1. The zero-order valence-electron chi connectivity index (χ0n) is 19.0. The van der Waals surface area contributed by atoms with E-state index in [4.69, 9.17) is 0 Å². The second-order valence-corrected chi connectivity index (χ2v) is 8.73. The molecule has 1 fully saturated rings. The van der Waals surface area contributed by atoms with Gasteiger partial charge in [-0.1, -0.05) is 18.6 Å². The molecule has 0 amide bonds. The van der Waals surface area contributed by atoms with Gasteiger partial charge in [0.15, 0.2) is 5.78 Å². The number of aromatic nitrogens is 5. The van der Waals surface area contributed by atoms with Gasteiger partial charge in [-0.15, -0.1) is 0 Å². The monoisotopic (exact) mass is 509 g/mol. The van der Waals surface area contributed by atoms with Crippen LogP contribution in [0, 0.1) is 5.92 Å². The van der Waals surface area contributed by atoms with Gasteiger partial charge in [-0.3, -0.25) is 4.79 Å². The molecule has 2 heterocycles. The van der Waals surface area contributed by atoms with E-state index in [0.717, 1.165) is 12.8 Å². The molecule has 0 aliphatic heterocycles. The third kappa shape index (κ3) is 6.16. The van der Waals surface area contributed by atoms with Crippen molar-refractivity contribution in [1.29, 1.82) is 0 Å². The van der Waals surface area contributed by atoms with Crippen molar-refractivity contribution >= 4 is 5.78 Å². The third-order valence-corrected chi connectivity index (χ3v) is 5.75. The van der Waals surface area contributed by atoms with E-state index in [2.05, 4.69) is 20.1 Å². The Bertz CT molecular complexity index is 1230. The molecule has 1 unspecified atom stereocenters. The molecule has 1 saturated carbocycles. The lowest BCUT2D eigenvalue weighted by Gasteiger charge is -2.15. The van der Waals surface area contributed by atoms with Gasteiger partial charge in [0.25, 0.3) is 5.95 Å². The second kappa shape index (κ2) is 9.82. The van der Waals surface area contributed by atoms with Gasteiger partial charge < -0.3 is 0 Å². The topological polar surface area (TPSA) is 73.6 Å². The molecule has 12 heteroatoms. The summed E-state index contributed by atoms with van der Waals surface area (Å²) in [7, 11) is 0. The molecule has 1 aromatic carbocycles. The maximum absolute atomic E-state index is 13.2. The van der Waals surface area contributed by atoms with Crippen LogP contribution in [0.3, 0.4) is 0 Å². The Morgan fingerprint density at radius 1 is 1.03 bits per heavy atom. The van der Waals surface area contributed by atoms with Crippen LogP contribution >= 0.6 is 0 Å². The van der Waals surface area contributed by atoms with Crippen molar-refractivity contribution in [3.05, 3.63) is 77.2 Å². The van der Waals surface area contributed by atoms with Crippen molar-refractivity contribution in [2.75, 3.05) is 0 Å². The summed E-state index contributed by atoms with van der Waals surface area (Å²) in [5, 5.41) is 4.13. The normalized spacial score (nSPS) is 15.7. The lowest BCUT2D eigenvalue weighted by Crippen LogP contribution is -2.14. The molecule has 0 radical (unpaired) electrons. The van der Waals surface area contributed by atoms with Crippen LogP contribution in [0.4, 0.5) is 26.3 Å². The number of hydrogen-bond acceptors (Lipinski definition) is 5. The maximum Gasteiger partial charge on any atom is 0.416 e. The highest BCUT2D eigenvalue weighted by atomic mass is 19.4. The lowest BCUT2D eigenvalue weighted by atomic mass is 9.93. The number of halogens is 6. The first-order valence-corrected chi connectivity index (χ1v) is 11.1. The summed E-state index contributed by atoms with van der Waals surface area (Å²) >= 11 is 0. The molecular weight excluding hydrogens is 488 g/mol. The first-order chi connectivity index (χ1) is 16.9. The number of benzene rings is 1. The third-order valence-electron chi connectivity index (χ3n) is 5.75. The van der Waals surface area contributed by atoms with Gasteiger partial charge in [-0.05, 0) is 49.4 Å². The fourth-order valence-corrected chi connectivity index (χ4v) is 3.86. The first kappa shape index (κ1) is 25.5. The van der Waals surface area contributed by atoms with Crippen LogP contribution in [0.25, 0.3) is 5.95 Å². The number of carbonyl (C=O) groups excluding carboxylic acids is 1. The quantitative estimate of drug-likeness (QED) is 0.205. The minimum Gasteiger partial charge on any atom is -0.294 e. The van der Waals surface area contributed by atoms with Crippen LogP contribution in [0.2, 0.25) is 0 Å². The zero-order chi connectivity index (χ0) is 26.1. The van der Waals surface area contributed by atoms with Crippen molar-refractivity contribution in [2.24, 2.45) is 5.92 Å². The molecule has 3 aromatic rings. The second-order valence-electron chi connectivity index (χ2n) is 8.73. The number of ketones is 1. The van der Waals surface area contributed by atoms with Crippen LogP contribution in [-0.4, -0.2) is 30.5 Å². The summed E-state index contributed by atoms with van der Waals surface area (Å²) in [6.45, 7) is 1.80. The van der Waals surface area contributed by atoms with Crippen LogP contribution < -0.4 is 0 Å². The van der Waals surface area contributed by atoms with Crippen LogP contribution in [-0.2, 0) is 12.4 Å². The summed E-state index contributed by atoms with van der Waals surface area (Å²) in [5.41, 5.74) is -3.05. The molecule has 0 saturated heterocycles. The van der Waals surface area contributed by atoms with Crippen molar-refractivity contribution in [3.8, 4) is 5.95 Å². The highest BCUT2D eigenvalue weighted by Crippen LogP contribution is 2.39. The van der Waals surface area contributed by atoms with E-state index in [-0.39, 0.29) is 24.4 Å². The van der Waals surface area contributed by atoms with Crippen molar-refractivity contribution in [3.63, 3.8) is 0 Å². The summed E-state index contributed by atoms with van der Waals surface area (Å²) < 4.78 is 80.8. The molecule has 0 spiro atoms. The van der Waals surface area contributed by atoms with E-state index >= 15 is 0 Å². The molecular formula is C24H21F6N5O. The fraction of sp³-hybridized carbons (Fsp3) is 0.375. The van der Waals surface area contributed by atoms with Gasteiger partial charge in [0.2, 0.25) is 0 Å². The summed E-state index contributed by atoms with van der Waals surface area (Å²) in [4.78, 5) is 25.5. The molecule has 1 aliphatic carbocycles. The van der Waals surface area contributed by atoms with Gasteiger partial charge >= 0.3 is 12.4 Å². The zero-order valence-corrected chi connectivity index (χ0v) is 19.0. The fourth-order valence-electron chi connectivity index (χ4n) is 3.86. The molecule has 4 rings (SSSR count). The Kier molecular flexibility index (Phi) is 6.96. The molecule has 6 nitrogen and oxygen atoms in total. The van der Waals surface area contributed by atoms with E-state index in [0.29, 0.717) is 35.9 Å². The average Bonchev–Trinajstić information content (AvgIpc) is 3.49. The van der Waals surface area contributed by atoms with E-state index in [1.165, 1.54) is 23.4 Å². The number of hydrogen-bond donors (Lipinski definition) is 0. The maximum atomic E-state index is 13.2. The Morgan fingerprint density at radius 2 is 1.64 bits per heavy atom. The van der Waals surface area contributed by atoms with Gasteiger partial charge in [0.05, 0.1) is 11.1 Å². The minimum atomic E-state index is -5.03. The Balaban J connectivity index is 1.63. The molecule has 36 heavy (non-hydrogen) atoms. The largest absolute Gasteiger partial charge is 0.416 e. The Hall–Kier alpha value is -3.57. The summed E-state index contributed by atoms with van der Waals surface area (Å²) in [5.74, 6) is -0.128. The minimum absolute atomic E-state index is 0.0122. The number of allylic oxidation sites excluding steroid dienone is 2. The number of alkyl halides is 6. The molecule has 0 bridgehead atoms. The number of carbonyl (C=O) groups is 1. The van der Waals surface area contributed by atoms with Crippen LogP contribution in [0.5, 0.6) is 0 Å². The van der Waals surface area contributed by atoms with E-state index in [1.54, 1.807) is 19.1 Å². The summed E-state index contributed by atoms with van der Waals surface area (Å²) in [6.07, 6.45) is -1.81. The SMILES string of the molecule is CC(/C=C(/CC(=O)c1cc(C(F)(F)F)cc(C(F)(F)F)c1)CC1CC1)c1ncnn1-c1ncccn1.